The summed E-state index contributed by atoms with van der Waals surface area (Å²) in [6.45, 7) is 11.0. The van der Waals surface area contributed by atoms with Gasteiger partial charge >= 0.3 is 0 Å². The highest BCUT2D eigenvalue weighted by Crippen LogP contribution is 2.18. The number of hydrogen-bond acceptors (Lipinski definition) is 4. The summed E-state index contributed by atoms with van der Waals surface area (Å²) in [5.41, 5.74) is 2.53. The number of halogens is 1. The Labute approximate surface area is 170 Å². The second-order valence-electron chi connectivity index (χ2n) is 5.85. The molecule has 0 saturated heterocycles. The molecule has 0 aromatic carbocycles. The number of guanidine groups is 1. The first-order valence-corrected chi connectivity index (χ1v) is 9.91. The molecule has 24 heavy (non-hydrogen) atoms. The van der Waals surface area contributed by atoms with Crippen LogP contribution < -0.4 is 10.6 Å². The first kappa shape index (κ1) is 21.4. The standard InChI is InChI=1S/C17H26N4S2.HI/c1-5-18-17(19-8-13(4)14-6-7-22-10-14)20-9-16-21-15(11-23-16)12(2)3;/h6-7,10-13H,5,8-9H2,1-4H3,(H2,18,19,20);1H. The Bertz CT molecular complexity index is 608. The molecule has 2 aromatic heterocycles. The fourth-order valence-corrected chi connectivity index (χ4v) is 3.74. The lowest BCUT2D eigenvalue weighted by Crippen LogP contribution is -2.39. The number of thiophene rings is 1. The molecule has 2 aromatic rings. The van der Waals surface area contributed by atoms with Gasteiger partial charge < -0.3 is 10.6 Å². The fourth-order valence-electron chi connectivity index (χ4n) is 2.07. The molecule has 2 N–H and O–H groups in total. The zero-order valence-corrected chi connectivity index (χ0v) is 18.7. The van der Waals surface area contributed by atoms with Crippen LogP contribution in [-0.4, -0.2) is 24.0 Å². The molecule has 0 spiro atoms. The van der Waals surface area contributed by atoms with Crippen LogP contribution in [0, 0.1) is 0 Å². The van der Waals surface area contributed by atoms with Crippen molar-refractivity contribution in [3.05, 3.63) is 38.5 Å². The van der Waals surface area contributed by atoms with E-state index in [1.807, 2.05) is 0 Å². The summed E-state index contributed by atoms with van der Waals surface area (Å²) in [6.07, 6.45) is 0. The molecule has 0 fully saturated rings. The molecule has 7 heteroatoms. The highest BCUT2D eigenvalue weighted by atomic mass is 127. The first-order valence-electron chi connectivity index (χ1n) is 8.08. The summed E-state index contributed by atoms with van der Waals surface area (Å²) in [6, 6.07) is 2.18. The normalized spacial score (nSPS) is 12.8. The van der Waals surface area contributed by atoms with Crippen molar-refractivity contribution in [2.75, 3.05) is 13.1 Å². The van der Waals surface area contributed by atoms with Crippen molar-refractivity contribution in [2.45, 2.75) is 46.1 Å². The van der Waals surface area contributed by atoms with Crippen molar-refractivity contribution >= 4 is 52.6 Å². The van der Waals surface area contributed by atoms with E-state index in [0.29, 0.717) is 18.4 Å². The Morgan fingerprint density at radius 1 is 1.25 bits per heavy atom. The number of nitrogens with one attached hydrogen (secondary N) is 2. The van der Waals surface area contributed by atoms with E-state index in [2.05, 4.69) is 70.5 Å². The van der Waals surface area contributed by atoms with Gasteiger partial charge in [0.1, 0.15) is 5.01 Å². The molecule has 0 aliphatic heterocycles. The monoisotopic (exact) mass is 478 g/mol. The summed E-state index contributed by atoms with van der Waals surface area (Å²) in [4.78, 5) is 9.29. The molecule has 0 radical (unpaired) electrons. The first-order chi connectivity index (χ1) is 11.1. The zero-order valence-electron chi connectivity index (χ0n) is 14.7. The van der Waals surface area contributed by atoms with Crippen molar-refractivity contribution in [3.63, 3.8) is 0 Å². The lowest BCUT2D eigenvalue weighted by Gasteiger charge is -2.15. The summed E-state index contributed by atoms with van der Waals surface area (Å²) < 4.78 is 0. The maximum Gasteiger partial charge on any atom is 0.191 e. The third kappa shape index (κ3) is 6.68. The van der Waals surface area contributed by atoms with Gasteiger partial charge in [0.25, 0.3) is 0 Å². The molecule has 2 heterocycles. The predicted octanol–water partition coefficient (Wildman–Crippen LogP) is 4.80. The van der Waals surface area contributed by atoms with Gasteiger partial charge in [-0.15, -0.1) is 35.3 Å². The Balaban J connectivity index is 0.00000288. The molecule has 0 saturated carbocycles. The van der Waals surface area contributed by atoms with Crippen LogP contribution in [0.3, 0.4) is 0 Å². The van der Waals surface area contributed by atoms with Gasteiger partial charge in [0.15, 0.2) is 5.96 Å². The van der Waals surface area contributed by atoms with Crippen LogP contribution in [-0.2, 0) is 6.54 Å². The maximum absolute atomic E-state index is 4.65. The van der Waals surface area contributed by atoms with E-state index >= 15 is 0 Å². The molecule has 0 aliphatic carbocycles. The molecule has 0 aliphatic rings. The molecule has 1 unspecified atom stereocenters. The van der Waals surface area contributed by atoms with E-state index in [1.165, 1.54) is 5.56 Å². The van der Waals surface area contributed by atoms with Crippen LogP contribution in [0.15, 0.2) is 27.2 Å². The van der Waals surface area contributed by atoms with E-state index < -0.39 is 0 Å². The SMILES string of the molecule is CCNC(=NCc1nc(C(C)C)cs1)NCC(C)c1ccsc1.I. The van der Waals surface area contributed by atoms with Crippen molar-refractivity contribution in [2.24, 2.45) is 4.99 Å². The third-order valence-corrected chi connectivity index (χ3v) is 5.12. The van der Waals surface area contributed by atoms with Gasteiger partial charge in [-0.25, -0.2) is 9.98 Å². The lowest BCUT2D eigenvalue weighted by molar-refractivity contribution is 0.701. The van der Waals surface area contributed by atoms with Gasteiger partial charge in [-0.1, -0.05) is 20.8 Å². The molecular weight excluding hydrogens is 451 g/mol. The minimum Gasteiger partial charge on any atom is -0.357 e. The maximum atomic E-state index is 4.65. The van der Waals surface area contributed by atoms with E-state index in [9.17, 15) is 0 Å². The number of nitrogens with zero attached hydrogens (tertiary/aromatic N) is 2. The number of hydrogen-bond donors (Lipinski definition) is 2. The van der Waals surface area contributed by atoms with Crippen LogP contribution in [0.25, 0.3) is 0 Å². The minimum atomic E-state index is 0. The molecule has 4 nitrogen and oxygen atoms in total. The van der Waals surface area contributed by atoms with Crippen LogP contribution in [0.2, 0.25) is 0 Å². The Kier molecular flexibility index (Phi) is 9.84. The second kappa shape index (κ2) is 11.0. The van der Waals surface area contributed by atoms with Crippen LogP contribution in [0.5, 0.6) is 0 Å². The van der Waals surface area contributed by atoms with Gasteiger partial charge in [0.05, 0.1) is 12.2 Å². The van der Waals surface area contributed by atoms with Gasteiger partial charge in [0, 0.05) is 18.5 Å². The highest BCUT2D eigenvalue weighted by molar-refractivity contribution is 14.0. The molecule has 2 rings (SSSR count). The average molecular weight is 478 g/mol. The van der Waals surface area contributed by atoms with Crippen molar-refractivity contribution in [3.8, 4) is 0 Å². The fraction of sp³-hybridized carbons (Fsp3) is 0.529. The molecule has 134 valence electrons. The van der Waals surface area contributed by atoms with Crippen LogP contribution in [0.4, 0.5) is 0 Å². The third-order valence-electron chi connectivity index (χ3n) is 3.57. The second-order valence-corrected chi connectivity index (χ2v) is 7.58. The van der Waals surface area contributed by atoms with Crippen LogP contribution in [0.1, 0.15) is 55.8 Å². The largest absolute Gasteiger partial charge is 0.357 e. The predicted molar refractivity (Wildman–Crippen MR) is 117 cm³/mol. The number of thiazole rings is 1. The Morgan fingerprint density at radius 2 is 2.04 bits per heavy atom. The zero-order chi connectivity index (χ0) is 16.7. The van der Waals surface area contributed by atoms with E-state index in [-0.39, 0.29) is 24.0 Å². The smallest absolute Gasteiger partial charge is 0.191 e. The van der Waals surface area contributed by atoms with E-state index in [1.54, 1.807) is 22.7 Å². The molecule has 1 atom stereocenters. The Hall–Kier alpha value is -0.670. The van der Waals surface area contributed by atoms with Crippen molar-refractivity contribution in [1.82, 2.24) is 15.6 Å². The molecule has 0 bridgehead atoms. The number of aliphatic imine (C=N–C) groups is 1. The average Bonchev–Trinajstić information content (AvgIpc) is 3.20. The summed E-state index contributed by atoms with van der Waals surface area (Å²) in [7, 11) is 0. The lowest BCUT2D eigenvalue weighted by atomic mass is 10.1. The van der Waals surface area contributed by atoms with Crippen molar-refractivity contribution in [1.29, 1.82) is 0 Å². The number of rotatable bonds is 7. The summed E-state index contributed by atoms with van der Waals surface area (Å²) in [5.74, 6) is 1.80. The molecule has 0 amide bonds. The number of aromatic nitrogens is 1. The van der Waals surface area contributed by atoms with Gasteiger partial charge in [-0.2, -0.15) is 11.3 Å². The van der Waals surface area contributed by atoms with Crippen molar-refractivity contribution < 1.29 is 0 Å². The topological polar surface area (TPSA) is 49.3 Å². The van der Waals surface area contributed by atoms with Gasteiger partial charge in [-0.05, 0) is 41.1 Å². The Morgan fingerprint density at radius 3 is 2.62 bits per heavy atom. The quantitative estimate of drug-likeness (QED) is 0.341. The van der Waals surface area contributed by atoms with Crippen LogP contribution >= 0.6 is 46.7 Å². The van der Waals surface area contributed by atoms with E-state index in [0.717, 1.165) is 29.8 Å². The van der Waals surface area contributed by atoms with E-state index in [4.69, 9.17) is 0 Å². The highest BCUT2D eigenvalue weighted by Gasteiger charge is 2.08. The summed E-state index contributed by atoms with van der Waals surface area (Å²) in [5, 5.41) is 14.3. The minimum absolute atomic E-state index is 0. The summed E-state index contributed by atoms with van der Waals surface area (Å²) >= 11 is 3.43. The van der Waals surface area contributed by atoms with Gasteiger partial charge in [0.2, 0.25) is 0 Å². The van der Waals surface area contributed by atoms with Gasteiger partial charge in [-0.3, -0.25) is 0 Å². The molecular formula is C17H27IN4S2.